The number of nitrogens with one attached hydrogen (secondary N) is 1. The summed E-state index contributed by atoms with van der Waals surface area (Å²) in [4.78, 5) is 0. The van der Waals surface area contributed by atoms with Crippen LogP contribution in [0.3, 0.4) is 0 Å². The van der Waals surface area contributed by atoms with E-state index in [0.29, 0.717) is 6.61 Å². The van der Waals surface area contributed by atoms with Gasteiger partial charge in [0.05, 0.1) is 13.2 Å². The highest BCUT2D eigenvalue weighted by atomic mass is 16.5. The lowest BCUT2D eigenvalue weighted by atomic mass is 10.1. The molecule has 1 unspecified atom stereocenters. The predicted octanol–water partition coefficient (Wildman–Crippen LogP) is 3.73. The summed E-state index contributed by atoms with van der Waals surface area (Å²) in [6.45, 7) is 5.71. The average Bonchev–Trinajstić information content (AvgIpc) is 2.53. The third-order valence-electron chi connectivity index (χ3n) is 3.41. The predicted molar refractivity (Wildman–Crippen MR) is 86.1 cm³/mol. The number of hydrogen-bond acceptors (Lipinski definition) is 3. The Morgan fingerprint density at radius 3 is 2.14 bits per heavy atom. The van der Waals surface area contributed by atoms with Crippen LogP contribution in [0.2, 0.25) is 0 Å². The number of likely N-dealkylation sites (N-methyl/N-ethyl adjacent to an activating group) is 1. The lowest BCUT2D eigenvalue weighted by Gasteiger charge is -2.19. The van der Waals surface area contributed by atoms with Crippen molar-refractivity contribution in [2.75, 3.05) is 20.3 Å². The zero-order valence-corrected chi connectivity index (χ0v) is 12.9. The molecular formula is C18H23NO2. The van der Waals surface area contributed by atoms with E-state index in [-0.39, 0.29) is 6.04 Å². The molecule has 3 heteroatoms. The monoisotopic (exact) mass is 285 g/mol. The van der Waals surface area contributed by atoms with Crippen LogP contribution in [-0.4, -0.2) is 20.3 Å². The van der Waals surface area contributed by atoms with Gasteiger partial charge in [-0.2, -0.15) is 0 Å². The van der Waals surface area contributed by atoms with E-state index in [4.69, 9.17) is 9.47 Å². The van der Waals surface area contributed by atoms with Crippen LogP contribution in [0.1, 0.15) is 24.1 Å². The second-order valence-electron chi connectivity index (χ2n) is 5.01. The number of aryl methyl sites for hydroxylation is 1. The van der Waals surface area contributed by atoms with E-state index in [2.05, 4.69) is 43.4 Å². The van der Waals surface area contributed by atoms with Crippen LogP contribution < -0.4 is 14.8 Å². The summed E-state index contributed by atoms with van der Waals surface area (Å²) >= 11 is 0. The third kappa shape index (κ3) is 4.50. The molecule has 0 heterocycles. The van der Waals surface area contributed by atoms with Gasteiger partial charge in [0, 0.05) is 0 Å². The molecule has 2 aromatic rings. The van der Waals surface area contributed by atoms with Crippen LogP contribution in [0.5, 0.6) is 11.5 Å². The number of rotatable bonds is 7. The van der Waals surface area contributed by atoms with Crippen molar-refractivity contribution in [2.24, 2.45) is 0 Å². The molecule has 0 amide bonds. The summed E-state index contributed by atoms with van der Waals surface area (Å²) in [6, 6.07) is 16.4. The molecule has 0 fully saturated rings. The van der Waals surface area contributed by atoms with E-state index in [0.717, 1.165) is 18.0 Å². The van der Waals surface area contributed by atoms with Gasteiger partial charge in [-0.25, -0.2) is 0 Å². The molecule has 112 valence electrons. The van der Waals surface area contributed by atoms with E-state index in [1.165, 1.54) is 11.1 Å². The summed E-state index contributed by atoms with van der Waals surface area (Å²) in [7, 11) is 1.66. The van der Waals surface area contributed by atoms with Gasteiger partial charge in [-0.05, 0) is 43.3 Å². The fraction of sp³-hybridized carbons (Fsp3) is 0.333. The van der Waals surface area contributed by atoms with Crippen molar-refractivity contribution in [3.63, 3.8) is 0 Å². The average molecular weight is 285 g/mol. The van der Waals surface area contributed by atoms with E-state index >= 15 is 0 Å². The Morgan fingerprint density at radius 2 is 1.57 bits per heavy atom. The molecule has 3 nitrogen and oxygen atoms in total. The van der Waals surface area contributed by atoms with Crippen molar-refractivity contribution in [1.29, 1.82) is 0 Å². The first-order valence-electron chi connectivity index (χ1n) is 7.29. The van der Waals surface area contributed by atoms with Crippen LogP contribution in [-0.2, 0) is 0 Å². The van der Waals surface area contributed by atoms with Gasteiger partial charge in [0.15, 0.2) is 0 Å². The summed E-state index contributed by atoms with van der Waals surface area (Å²) in [5, 5.41) is 3.46. The molecule has 21 heavy (non-hydrogen) atoms. The highest BCUT2D eigenvalue weighted by Crippen LogP contribution is 2.20. The molecule has 0 radical (unpaired) electrons. The van der Waals surface area contributed by atoms with Crippen molar-refractivity contribution in [3.05, 3.63) is 59.7 Å². The molecule has 0 aliphatic heterocycles. The number of benzene rings is 2. The minimum absolute atomic E-state index is 0.192. The summed E-state index contributed by atoms with van der Waals surface area (Å²) in [6.07, 6.45) is 0. The van der Waals surface area contributed by atoms with Crippen molar-refractivity contribution in [2.45, 2.75) is 19.9 Å². The number of methoxy groups -OCH3 is 1. The Balaban J connectivity index is 2.00. The van der Waals surface area contributed by atoms with E-state index < -0.39 is 0 Å². The van der Waals surface area contributed by atoms with Crippen molar-refractivity contribution < 1.29 is 9.47 Å². The molecule has 0 spiro atoms. The van der Waals surface area contributed by atoms with E-state index in [1.54, 1.807) is 7.11 Å². The lowest BCUT2D eigenvalue weighted by Crippen LogP contribution is -2.26. The second-order valence-corrected chi connectivity index (χ2v) is 5.01. The number of ether oxygens (including phenoxy) is 2. The normalized spacial score (nSPS) is 12.0. The van der Waals surface area contributed by atoms with Gasteiger partial charge in [0.1, 0.15) is 18.1 Å². The first kappa shape index (κ1) is 15.4. The number of hydrogen-bond donors (Lipinski definition) is 1. The van der Waals surface area contributed by atoms with E-state index in [1.807, 2.05) is 24.3 Å². The molecule has 0 aliphatic rings. The SMILES string of the molecule is CCNC(COc1ccc(OC)cc1)c1ccc(C)cc1. The summed E-state index contributed by atoms with van der Waals surface area (Å²) in [5.74, 6) is 1.69. The molecule has 2 aromatic carbocycles. The molecule has 1 atom stereocenters. The molecular weight excluding hydrogens is 262 g/mol. The summed E-state index contributed by atoms with van der Waals surface area (Å²) < 4.78 is 11.0. The van der Waals surface area contributed by atoms with Gasteiger partial charge in [-0.1, -0.05) is 36.8 Å². The van der Waals surface area contributed by atoms with Gasteiger partial charge in [-0.3, -0.25) is 0 Å². The van der Waals surface area contributed by atoms with Crippen molar-refractivity contribution in [1.82, 2.24) is 5.32 Å². The highest BCUT2D eigenvalue weighted by molar-refractivity contribution is 5.31. The Labute approximate surface area is 126 Å². The van der Waals surface area contributed by atoms with Crippen molar-refractivity contribution >= 4 is 0 Å². The van der Waals surface area contributed by atoms with Crippen LogP contribution in [0.15, 0.2) is 48.5 Å². The van der Waals surface area contributed by atoms with Gasteiger partial charge in [0.2, 0.25) is 0 Å². The molecule has 1 N–H and O–H groups in total. The molecule has 0 bridgehead atoms. The molecule has 0 aliphatic carbocycles. The van der Waals surface area contributed by atoms with Gasteiger partial charge < -0.3 is 14.8 Å². The van der Waals surface area contributed by atoms with E-state index in [9.17, 15) is 0 Å². The Morgan fingerprint density at radius 1 is 0.952 bits per heavy atom. The topological polar surface area (TPSA) is 30.5 Å². The lowest BCUT2D eigenvalue weighted by molar-refractivity contribution is 0.268. The molecule has 0 saturated heterocycles. The fourth-order valence-electron chi connectivity index (χ4n) is 2.17. The Bertz CT molecular complexity index is 534. The maximum Gasteiger partial charge on any atom is 0.119 e. The molecule has 0 saturated carbocycles. The van der Waals surface area contributed by atoms with Gasteiger partial charge in [0.25, 0.3) is 0 Å². The first-order chi connectivity index (χ1) is 10.2. The first-order valence-corrected chi connectivity index (χ1v) is 7.29. The largest absolute Gasteiger partial charge is 0.497 e. The Kier molecular flexibility index (Phi) is 5.64. The zero-order valence-electron chi connectivity index (χ0n) is 12.9. The maximum absolute atomic E-state index is 5.89. The molecule has 2 rings (SSSR count). The quantitative estimate of drug-likeness (QED) is 0.840. The third-order valence-corrected chi connectivity index (χ3v) is 3.41. The van der Waals surface area contributed by atoms with Crippen molar-refractivity contribution in [3.8, 4) is 11.5 Å². The fourth-order valence-corrected chi connectivity index (χ4v) is 2.17. The molecule has 0 aromatic heterocycles. The van der Waals surface area contributed by atoms with Crippen LogP contribution >= 0.6 is 0 Å². The van der Waals surface area contributed by atoms with Gasteiger partial charge >= 0.3 is 0 Å². The highest BCUT2D eigenvalue weighted by Gasteiger charge is 2.11. The minimum Gasteiger partial charge on any atom is -0.497 e. The summed E-state index contributed by atoms with van der Waals surface area (Å²) in [5.41, 5.74) is 2.51. The maximum atomic E-state index is 5.89. The zero-order chi connectivity index (χ0) is 15.1. The standard InChI is InChI=1S/C18H23NO2/c1-4-19-18(15-7-5-14(2)6-8-15)13-21-17-11-9-16(20-3)10-12-17/h5-12,18-19H,4,13H2,1-3H3. The van der Waals surface area contributed by atoms with Crippen LogP contribution in [0, 0.1) is 6.92 Å². The second kappa shape index (κ2) is 7.70. The smallest absolute Gasteiger partial charge is 0.119 e. The van der Waals surface area contributed by atoms with Crippen LogP contribution in [0.25, 0.3) is 0 Å². The minimum atomic E-state index is 0.192. The van der Waals surface area contributed by atoms with Crippen LogP contribution in [0.4, 0.5) is 0 Å². The Hall–Kier alpha value is -2.00. The van der Waals surface area contributed by atoms with Gasteiger partial charge in [-0.15, -0.1) is 0 Å².